The van der Waals surface area contributed by atoms with Gasteiger partial charge in [-0.15, -0.1) is 11.3 Å². The van der Waals surface area contributed by atoms with Gasteiger partial charge < -0.3 is 9.09 Å². The molecule has 0 spiro atoms. The van der Waals surface area contributed by atoms with Gasteiger partial charge in [0.15, 0.2) is 5.76 Å². The van der Waals surface area contributed by atoms with Crippen molar-refractivity contribution in [2.45, 2.75) is 31.8 Å². The minimum atomic E-state index is -3.72. The third-order valence-electron chi connectivity index (χ3n) is 3.87. The van der Waals surface area contributed by atoms with Crippen molar-refractivity contribution in [1.29, 1.82) is 0 Å². The van der Waals surface area contributed by atoms with Gasteiger partial charge in [0.25, 0.3) is 0 Å². The van der Waals surface area contributed by atoms with E-state index in [0.717, 1.165) is 10.6 Å². The van der Waals surface area contributed by atoms with Gasteiger partial charge in [0.05, 0.1) is 6.54 Å². The summed E-state index contributed by atoms with van der Waals surface area (Å²) in [7, 11) is -1.81. The number of hydrogen-bond donors (Lipinski definition) is 0. The molecule has 0 atom stereocenters. The molecule has 0 aliphatic rings. The molecule has 0 aromatic carbocycles. The fourth-order valence-corrected chi connectivity index (χ4v) is 5.10. The smallest absolute Gasteiger partial charge is 0.249 e. The molecule has 0 bridgehead atoms. The van der Waals surface area contributed by atoms with E-state index in [9.17, 15) is 8.42 Å². The van der Waals surface area contributed by atoms with Crippen molar-refractivity contribution in [3.63, 3.8) is 0 Å². The van der Waals surface area contributed by atoms with Crippen LogP contribution >= 0.6 is 11.3 Å². The molecule has 6 nitrogen and oxygen atoms in total. The van der Waals surface area contributed by atoms with Gasteiger partial charge in [0.2, 0.25) is 10.0 Å². The standard InChI is InChI=1S/C16H19N3O3S2/c1-12-16(13(2)22-17-12)24(20,21)19(11-15-7-5-9-23-15)10-14-6-4-8-18(14)3/h4-9H,10-11H2,1-3H3. The van der Waals surface area contributed by atoms with E-state index in [0.29, 0.717) is 18.0 Å². The van der Waals surface area contributed by atoms with Crippen molar-refractivity contribution in [3.8, 4) is 0 Å². The molecule has 0 saturated carbocycles. The lowest BCUT2D eigenvalue weighted by Crippen LogP contribution is -2.31. The van der Waals surface area contributed by atoms with Gasteiger partial charge in [0, 0.05) is 30.4 Å². The molecule has 24 heavy (non-hydrogen) atoms. The quantitative estimate of drug-likeness (QED) is 0.673. The van der Waals surface area contributed by atoms with Crippen LogP contribution in [0.1, 0.15) is 22.0 Å². The maximum Gasteiger partial charge on any atom is 0.249 e. The van der Waals surface area contributed by atoms with E-state index in [-0.39, 0.29) is 11.4 Å². The highest BCUT2D eigenvalue weighted by molar-refractivity contribution is 7.89. The molecule has 0 unspecified atom stereocenters. The molecular formula is C16H19N3O3S2. The molecule has 0 saturated heterocycles. The average molecular weight is 365 g/mol. The molecule has 3 rings (SSSR count). The highest BCUT2D eigenvalue weighted by atomic mass is 32.2. The first-order valence-corrected chi connectivity index (χ1v) is 9.77. The minimum Gasteiger partial charge on any atom is -0.360 e. The Kier molecular flexibility index (Phi) is 4.62. The maximum atomic E-state index is 13.2. The van der Waals surface area contributed by atoms with Crippen molar-refractivity contribution < 1.29 is 12.9 Å². The van der Waals surface area contributed by atoms with Crippen LogP contribution in [0.4, 0.5) is 0 Å². The summed E-state index contributed by atoms with van der Waals surface area (Å²) in [6.45, 7) is 3.87. The first-order valence-electron chi connectivity index (χ1n) is 7.45. The highest BCUT2D eigenvalue weighted by Crippen LogP contribution is 2.27. The van der Waals surface area contributed by atoms with Crippen molar-refractivity contribution in [1.82, 2.24) is 14.0 Å². The van der Waals surface area contributed by atoms with Crippen molar-refractivity contribution in [3.05, 3.63) is 57.9 Å². The number of hydrogen-bond acceptors (Lipinski definition) is 5. The van der Waals surface area contributed by atoms with Crippen LogP contribution in [-0.4, -0.2) is 22.4 Å². The van der Waals surface area contributed by atoms with Gasteiger partial charge in [-0.2, -0.15) is 4.31 Å². The second kappa shape index (κ2) is 6.54. The van der Waals surface area contributed by atoms with Gasteiger partial charge in [-0.1, -0.05) is 11.2 Å². The summed E-state index contributed by atoms with van der Waals surface area (Å²) in [5.74, 6) is 0.315. The zero-order valence-electron chi connectivity index (χ0n) is 13.8. The third kappa shape index (κ3) is 3.17. The van der Waals surface area contributed by atoms with E-state index in [2.05, 4.69) is 5.16 Å². The maximum absolute atomic E-state index is 13.2. The lowest BCUT2D eigenvalue weighted by molar-refractivity contribution is 0.383. The third-order valence-corrected chi connectivity index (χ3v) is 6.77. The average Bonchev–Trinajstić information content (AvgIpc) is 3.23. The Balaban J connectivity index is 2.01. The fourth-order valence-electron chi connectivity index (χ4n) is 2.62. The van der Waals surface area contributed by atoms with Gasteiger partial charge in [0.1, 0.15) is 10.6 Å². The lowest BCUT2D eigenvalue weighted by atomic mass is 10.4. The summed E-state index contributed by atoms with van der Waals surface area (Å²) in [5.41, 5.74) is 1.30. The van der Waals surface area contributed by atoms with Crippen LogP contribution in [-0.2, 0) is 30.2 Å². The van der Waals surface area contributed by atoms with Crippen LogP contribution in [0.25, 0.3) is 0 Å². The summed E-state index contributed by atoms with van der Waals surface area (Å²) in [6, 6.07) is 7.68. The topological polar surface area (TPSA) is 68.3 Å². The van der Waals surface area contributed by atoms with Crippen LogP contribution in [0.15, 0.2) is 45.3 Å². The first kappa shape index (κ1) is 16.9. The molecule has 0 fully saturated rings. The Morgan fingerprint density at radius 1 is 1.25 bits per heavy atom. The lowest BCUT2D eigenvalue weighted by Gasteiger charge is -2.22. The van der Waals surface area contributed by atoms with Gasteiger partial charge >= 0.3 is 0 Å². The summed E-state index contributed by atoms with van der Waals surface area (Å²) in [6.07, 6.45) is 1.90. The fraction of sp³-hybridized carbons (Fsp3) is 0.312. The Morgan fingerprint density at radius 2 is 2.04 bits per heavy atom. The summed E-state index contributed by atoms with van der Waals surface area (Å²) in [5, 5.41) is 5.74. The Hall–Kier alpha value is -1.90. The van der Waals surface area contributed by atoms with Crippen LogP contribution in [0, 0.1) is 13.8 Å². The van der Waals surface area contributed by atoms with Crippen LogP contribution in [0.3, 0.4) is 0 Å². The molecule has 3 aromatic heterocycles. The predicted octanol–water partition coefficient (Wildman–Crippen LogP) is 3.08. The number of nitrogens with zero attached hydrogens (tertiary/aromatic N) is 3. The van der Waals surface area contributed by atoms with Gasteiger partial charge in [-0.3, -0.25) is 0 Å². The van der Waals surface area contributed by atoms with Gasteiger partial charge in [-0.25, -0.2) is 8.42 Å². The molecule has 8 heteroatoms. The molecule has 3 heterocycles. The van der Waals surface area contributed by atoms with E-state index in [1.54, 1.807) is 13.8 Å². The summed E-state index contributed by atoms with van der Waals surface area (Å²) < 4.78 is 34.9. The zero-order valence-corrected chi connectivity index (χ0v) is 15.4. The van der Waals surface area contributed by atoms with Crippen LogP contribution in [0.2, 0.25) is 0 Å². The molecule has 3 aromatic rings. The minimum absolute atomic E-state index is 0.160. The Morgan fingerprint density at radius 3 is 2.58 bits per heavy atom. The highest BCUT2D eigenvalue weighted by Gasteiger charge is 2.31. The summed E-state index contributed by atoms with van der Waals surface area (Å²) >= 11 is 1.54. The number of thiophene rings is 1. The first-order chi connectivity index (χ1) is 11.4. The number of rotatable bonds is 6. The molecule has 0 aliphatic heterocycles. The molecule has 0 radical (unpaired) electrons. The van der Waals surface area contributed by atoms with Crippen molar-refractivity contribution in [2.75, 3.05) is 0 Å². The van der Waals surface area contributed by atoms with E-state index in [1.165, 1.54) is 15.6 Å². The van der Waals surface area contributed by atoms with Crippen LogP contribution < -0.4 is 0 Å². The normalized spacial score (nSPS) is 12.2. The molecule has 0 amide bonds. The van der Waals surface area contributed by atoms with Gasteiger partial charge in [-0.05, 0) is 37.4 Å². The molecule has 0 aliphatic carbocycles. The van der Waals surface area contributed by atoms with Crippen LogP contribution in [0.5, 0.6) is 0 Å². The Bertz CT molecular complexity index is 904. The molecule has 0 N–H and O–H groups in total. The largest absolute Gasteiger partial charge is 0.360 e. The number of aryl methyl sites for hydroxylation is 3. The molecule has 128 valence electrons. The van der Waals surface area contributed by atoms with Crippen molar-refractivity contribution >= 4 is 21.4 Å². The summed E-state index contributed by atoms with van der Waals surface area (Å²) in [4.78, 5) is 1.15. The SMILES string of the molecule is Cc1noc(C)c1S(=O)(=O)N(Cc1cccs1)Cc1cccn1C. The second-order valence-corrected chi connectivity index (χ2v) is 8.52. The monoisotopic (exact) mass is 365 g/mol. The van der Waals surface area contributed by atoms with E-state index < -0.39 is 10.0 Å². The number of sulfonamides is 1. The molecular weight excluding hydrogens is 346 g/mol. The number of aromatic nitrogens is 2. The van der Waals surface area contributed by atoms with Crippen molar-refractivity contribution in [2.24, 2.45) is 7.05 Å². The zero-order chi connectivity index (χ0) is 17.3. The van der Waals surface area contributed by atoms with E-state index >= 15 is 0 Å². The van der Waals surface area contributed by atoms with E-state index in [1.807, 2.05) is 47.5 Å². The second-order valence-electron chi connectivity index (χ2n) is 5.62. The predicted molar refractivity (Wildman–Crippen MR) is 92.1 cm³/mol. The Labute approximate surface area is 145 Å². The van der Waals surface area contributed by atoms with E-state index in [4.69, 9.17) is 4.52 Å².